The third-order valence-electron chi connectivity index (χ3n) is 5.04. The van der Waals surface area contributed by atoms with Crippen molar-refractivity contribution in [2.45, 2.75) is 6.42 Å². The highest BCUT2D eigenvalue weighted by atomic mass is 35.5. The molecule has 2 aromatic carbocycles. The van der Waals surface area contributed by atoms with Crippen LogP contribution in [0.1, 0.15) is 15.9 Å². The van der Waals surface area contributed by atoms with Crippen LogP contribution in [0.15, 0.2) is 42.5 Å². The van der Waals surface area contributed by atoms with Gasteiger partial charge in [0.15, 0.2) is 5.11 Å². The average Bonchev–Trinajstić information content (AvgIpc) is 2.75. The van der Waals surface area contributed by atoms with Gasteiger partial charge in [-0.05, 0) is 55.2 Å². The summed E-state index contributed by atoms with van der Waals surface area (Å²) in [4.78, 5) is 28.9. The van der Waals surface area contributed by atoms with Crippen molar-refractivity contribution in [1.29, 1.82) is 0 Å². The van der Waals surface area contributed by atoms with Gasteiger partial charge in [0.1, 0.15) is 0 Å². The summed E-state index contributed by atoms with van der Waals surface area (Å²) in [6.07, 6.45) is 0.173. The second kappa shape index (κ2) is 10.6. The molecule has 0 atom stereocenters. The van der Waals surface area contributed by atoms with Crippen molar-refractivity contribution in [2.24, 2.45) is 0 Å². The molecular formula is C22H25ClN4O3S. The number of carbonyl (C=O) groups is 2. The van der Waals surface area contributed by atoms with Crippen LogP contribution in [0, 0.1) is 0 Å². The molecule has 1 aliphatic heterocycles. The Labute approximate surface area is 192 Å². The number of benzene rings is 2. The van der Waals surface area contributed by atoms with E-state index in [1.165, 1.54) is 7.11 Å². The van der Waals surface area contributed by atoms with E-state index in [4.69, 9.17) is 28.6 Å². The zero-order valence-electron chi connectivity index (χ0n) is 17.5. The number of amides is 1. The second-order valence-corrected chi connectivity index (χ2v) is 8.16. The largest absolute Gasteiger partial charge is 0.465 e. The first-order valence-corrected chi connectivity index (χ1v) is 10.7. The molecule has 0 bridgehead atoms. The number of esters is 1. The lowest BCUT2D eigenvalue weighted by Gasteiger charge is -2.35. The van der Waals surface area contributed by atoms with E-state index in [2.05, 4.69) is 27.5 Å². The number of ether oxygens (including phenoxy) is 1. The number of thiocarbonyl (C=S) groups is 1. The molecule has 1 fully saturated rings. The molecule has 1 heterocycles. The van der Waals surface area contributed by atoms with Crippen LogP contribution < -0.4 is 15.5 Å². The fraction of sp³-hybridized carbons (Fsp3) is 0.318. The van der Waals surface area contributed by atoms with Gasteiger partial charge in [0.25, 0.3) is 0 Å². The van der Waals surface area contributed by atoms with Crippen LogP contribution >= 0.6 is 23.8 Å². The second-order valence-electron chi connectivity index (χ2n) is 7.32. The number of methoxy groups -OCH3 is 1. The summed E-state index contributed by atoms with van der Waals surface area (Å²) in [5, 5.41) is 6.55. The number of rotatable bonds is 5. The van der Waals surface area contributed by atoms with E-state index in [-0.39, 0.29) is 17.4 Å². The maximum atomic E-state index is 12.4. The third kappa shape index (κ3) is 6.40. The maximum absolute atomic E-state index is 12.4. The van der Waals surface area contributed by atoms with Crippen LogP contribution in [0.25, 0.3) is 0 Å². The molecule has 1 saturated heterocycles. The molecule has 0 saturated carbocycles. The van der Waals surface area contributed by atoms with Gasteiger partial charge in [0, 0.05) is 31.2 Å². The highest BCUT2D eigenvalue weighted by Gasteiger charge is 2.19. The molecule has 1 aliphatic rings. The Morgan fingerprint density at radius 1 is 1.10 bits per heavy atom. The fourth-order valence-corrected chi connectivity index (χ4v) is 3.67. The highest BCUT2D eigenvalue weighted by molar-refractivity contribution is 7.80. The van der Waals surface area contributed by atoms with Crippen molar-refractivity contribution >= 4 is 52.2 Å². The van der Waals surface area contributed by atoms with E-state index in [1.54, 1.807) is 36.4 Å². The summed E-state index contributed by atoms with van der Waals surface area (Å²) < 4.78 is 4.84. The van der Waals surface area contributed by atoms with Gasteiger partial charge in [0.2, 0.25) is 5.91 Å². The molecule has 0 unspecified atom stereocenters. The molecule has 0 spiro atoms. The number of anilines is 2. The fourth-order valence-electron chi connectivity index (χ4n) is 3.32. The van der Waals surface area contributed by atoms with E-state index in [0.717, 1.165) is 37.4 Å². The minimum Gasteiger partial charge on any atom is -0.465 e. The molecule has 164 valence electrons. The third-order valence-corrected chi connectivity index (χ3v) is 5.50. The Morgan fingerprint density at radius 3 is 2.42 bits per heavy atom. The summed E-state index contributed by atoms with van der Waals surface area (Å²) in [6, 6.07) is 12.4. The lowest BCUT2D eigenvalue weighted by Crippen LogP contribution is -2.45. The number of nitrogens with zero attached hydrogens (tertiary/aromatic N) is 2. The predicted molar refractivity (Wildman–Crippen MR) is 127 cm³/mol. The number of piperazine rings is 1. The van der Waals surface area contributed by atoms with Crippen molar-refractivity contribution in [3.63, 3.8) is 0 Å². The number of hydrogen-bond donors (Lipinski definition) is 2. The Bertz CT molecular complexity index is 960. The Kier molecular flexibility index (Phi) is 7.84. The average molecular weight is 461 g/mol. The topological polar surface area (TPSA) is 73.9 Å². The molecule has 2 N–H and O–H groups in total. The first kappa shape index (κ1) is 23.0. The number of nitrogens with one attached hydrogen (secondary N) is 2. The van der Waals surface area contributed by atoms with Crippen molar-refractivity contribution in [3.05, 3.63) is 58.6 Å². The van der Waals surface area contributed by atoms with Gasteiger partial charge in [-0.15, -0.1) is 0 Å². The normalized spacial score (nSPS) is 14.1. The summed E-state index contributed by atoms with van der Waals surface area (Å²) in [5.41, 5.74) is 2.79. The van der Waals surface area contributed by atoms with E-state index < -0.39 is 5.97 Å². The zero-order chi connectivity index (χ0) is 22.4. The standard InChI is InChI=1S/C22H25ClN4O3S/c1-26-9-11-27(12-10-26)19-8-5-16(21(29)30-2)14-18(19)24-22(31)25-20(28)13-15-3-6-17(23)7-4-15/h3-8,14H,9-13H2,1-2H3,(H2,24,25,28,31). The Hall–Kier alpha value is -2.68. The van der Waals surface area contributed by atoms with Crippen LogP contribution in [0.3, 0.4) is 0 Å². The maximum Gasteiger partial charge on any atom is 0.337 e. The van der Waals surface area contributed by atoms with Gasteiger partial charge in [-0.3, -0.25) is 4.79 Å². The van der Waals surface area contributed by atoms with E-state index in [9.17, 15) is 9.59 Å². The summed E-state index contributed by atoms with van der Waals surface area (Å²) in [5.74, 6) is -0.684. The summed E-state index contributed by atoms with van der Waals surface area (Å²) in [7, 11) is 3.42. The molecule has 0 radical (unpaired) electrons. The van der Waals surface area contributed by atoms with Gasteiger partial charge >= 0.3 is 5.97 Å². The predicted octanol–water partition coefficient (Wildman–Crippen LogP) is 2.93. The quantitative estimate of drug-likeness (QED) is 0.525. The first-order chi connectivity index (χ1) is 14.9. The molecule has 2 aromatic rings. The van der Waals surface area contributed by atoms with E-state index >= 15 is 0 Å². The molecule has 0 aliphatic carbocycles. The number of carbonyl (C=O) groups excluding carboxylic acids is 2. The van der Waals surface area contributed by atoms with Crippen LogP contribution in [0.5, 0.6) is 0 Å². The van der Waals surface area contributed by atoms with Crippen molar-refractivity contribution in [3.8, 4) is 0 Å². The van der Waals surface area contributed by atoms with E-state index in [1.807, 2.05) is 6.07 Å². The monoisotopic (exact) mass is 460 g/mol. The minimum atomic E-state index is -0.439. The minimum absolute atomic E-state index is 0.163. The van der Waals surface area contributed by atoms with Gasteiger partial charge in [-0.1, -0.05) is 23.7 Å². The van der Waals surface area contributed by atoms with Gasteiger partial charge in [-0.25, -0.2) is 4.79 Å². The lowest BCUT2D eigenvalue weighted by molar-refractivity contribution is -0.119. The van der Waals surface area contributed by atoms with Gasteiger partial charge in [-0.2, -0.15) is 0 Å². The van der Waals surface area contributed by atoms with Crippen LogP contribution in [-0.4, -0.2) is 62.2 Å². The Morgan fingerprint density at radius 2 is 1.77 bits per heavy atom. The van der Waals surface area contributed by atoms with Crippen molar-refractivity contribution in [2.75, 3.05) is 50.6 Å². The molecule has 3 rings (SSSR count). The number of likely N-dealkylation sites (N-methyl/N-ethyl adjacent to an activating group) is 1. The van der Waals surface area contributed by atoms with Crippen molar-refractivity contribution < 1.29 is 14.3 Å². The highest BCUT2D eigenvalue weighted by Crippen LogP contribution is 2.28. The molecule has 9 heteroatoms. The van der Waals surface area contributed by atoms with Crippen LogP contribution in [0.4, 0.5) is 11.4 Å². The molecular weight excluding hydrogens is 436 g/mol. The molecule has 1 amide bonds. The van der Waals surface area contributed by atoms with Crippen molar-refractivity contribution in [1.82, 2.24) is 10.2 Å². The van der Waals surface area contributed by atoms with E-state index in [0.29, 0.717) is 16.3 Å². The SMILES string of the molecule is COC(=O)c1ccc(N2CCN(C)CC2)c(NC(=S)NC(=O)Cc2ccc(Cl)cc2)c1. The summed E-state index contributed by atoms with van der Waals surface area (Å²) in [6.45, 7) is 3.55. The van der Waals surface area contributed by atoms with Crippen LogP contribution in [0.2, 0.25) is 5.02 Å². The Balaban J connectivity index is 1.72. The molecule has 0 aromatic heterocycles. The summed E-state index contributed by atoms with van der Waals surface area (Å²) >= 11 is 11.2. The lowest BCUT2D eigenvalue weighted by atomic mass is 10.1. The zero-order valence-corrected chi connectivity index (χ0v) is 19.1. The van der Waals surface area contributed by atoms with Gasteiger partial charge in [0.05, 0.1) is 30.5 Å². The first-order valence-electron chi connectivity index (χ1n) is 9.87. The smallest absolute Gasteiger partial charge is 0.337 e. The molecule has 7 nitrogen and oxygen atoms in total. The number of hydrogen-bond acceptors (Lipinski definition) is 6. The number of halogens is 1. The van der Waals surface area contributed by atoms with Gasteiger partial charge < -0.3 is 25.2 Å². The molecule has 31 heavy (non-hydrogen) atoms. The van der Waals surface area contributed by atoms with Crippen LogP contribution in [-0.2, 0) is 16.0 Å².